The van der Waals surface area contributed by atoms with Gasteiger partial charge in [-0.2, -0.15) is 0 Å². The summed E-state index contributed by atoms with van der Waals surface area (Å²) < 4.78 is 5.81. The van der Waals surface area contributed by atoms with E-state index in [4.69, 9.17) is 9.84 Å². The number of carbonyl (C=O) groups is 1. The Bertz CT molecular complexity index is 235. The van der Waals surface area contributed by atoms with Gasteiger partial charge in [-0.3, -0.25) is 4.79 Å². The minimum atomic E-state index is -0.687. The van der Waals surface area contributed by atoms with Gasteiger partial charge in [-0.1, -0.05) is 33.6 Å². The SMILES string of the molecule is CCC(CC)C1CC(C)(CC(=O)O)CCO1. The van der Waals surface area contributed by atoms with E-state index >= 15 is 0 Å². The third-order valence-corrected chi connectivity index (χ3v) is 3.88. The van der Waals surface area contributed by atoms with E-state index in [9.17, 15) is 4.79 Å². The van der Waals surface area contributed by atoms with E-state index in [2.05, 4.69) is 20.8 Å². The second-order valence-electron chi connectivity index (χ2n) is 5.32. The second kappa shape index (κ2) is 5.67. The van der Waals surface area contributed by atoms with Crippen molar-refractivity contribution < 1.29 is 14.6 Å². The molecule has 1 saturated heterocycles. The highest BCUT2D eigenvalue weighted by molar-refractivity contribution is 5.67. The average molecular weight is 228 g/mol. The molecular formula is C13H24O3. The van der Waals surface area contributed by atoms with Gasteiger partial charge in [0.25, 0.3) is 0 Å². The van der Waals surface area contributed by atoms with Crippen LogP contribution < -0.4 is 0 Å². The van der Waals surface area contributed by atoms with E-state index in [0.29, 0.717) is 12.5 Å². The van der Waals surface area contributed by atoms with Crippen molar-refractivity contribution in [1.29, 1.82) is 0 Å². The summed E-state index contributed by atoms with van der Waals surface area (Å²) in [6.07, 6.45) is 4.52. The first-order valence-corrected chi connectivity index (χ1v) is 6.34. The van der Waals surface area contributed by atoms with E-state index in [0.717, 1.165) is 25.7 Å². The molecule has 1 N–H and O–H groups in total. The van der Waals surface area contributed by atoms with Gasteiger partial charge < -0.3 is 9.84 Å². The molecule has 0 radical (unpaired) electrons. The van der Waals surface area contributed by atoms with Crippen LogP contribution in [0.25, 0.3) is 0 Å². The molecule has 2 atom stereocenters. The van der Waals surface area contributed by atoms with Crippen LogP contribution in [0.2, 0.25) is 0 Å². The molecule has 0 aromatic rings. The van der Waals surface area contributed by atoms with Crippen LogP contribution in [0.5, 0.6) is 0 Å². The maximum atomic E-state index is 10.8. The van der Waals surface area contributed by atoms with Crippen LogP contribution in [0.4, 0.5) is 0 Å². The van der Waals surface area contributed by atoms with E-state index in [-0.39, 0.29) is 17.9 Å². The van der Waals surface area contributed by atoms with Crippen molar-refractivity contribution in [3.05, 3.63) is 0 Å². The second-order valence-corrected chi connectivity index (χ2v) is 5.32. The Labute approximate surface area is 98.2 Å². The van der Waals surface area contributed by atoms with E-state index in [1.165, 1.54) is 0 Å². The van der Waals surface area contributed by atoms with Crippen LogP contribution in [0.15, 0.2) is 0 Å². The van der Waals surface area contributed by atoms with Gasteiger partial charge in [0.05, 0.1) is 12.5 Å². The number of hydrogen-bond donors (Lipinski definition) is 1. The molecule has 1 heterocycles. The molecule has 3 nitrogen and oxygen atoms in total. The predicted molar refractivity (Wildman–Crippen MR) is 63.4 cm³/mol. The molecule has 3 heteroatoms. The summed E-state index contributed by atoms with van der Waals surface area (Å²) >= 11 is 0. The standard InChI is InChI=1S/C13H24O3/c1-4-10(5-2)11-8-13(3,6-7-16-11)9-12(14)15/h10-11H,4-9H2,1-3H3,(H,14,15). The Kier molecular flexibility index (Phi) is 4.78. The minimum Gasteiger partial charge on any atom is -0.481 e. The minimum absolute atomic E-state index is 0.0721. The van der Waals surface area contributed by atoms with Crippen molar-refractivity contribution in [2.75, 3.05) is 6.61 Å². The van der Waals surface area contributed by atoms with E-state index in [1.807, 2.05) is 0 Å². The normalized spacial score (nSPS) is 30.6. The molecule has 0 bridgehead atoms. The Hall–Kier alpha value is -0.570. The lowest BCUT2D eigenvalue weighted by molar-refractivity contribution is -0.143. The maximum absolute atomic E-state index is 10.8. The van der Waals surface area contributed by atoms with Crippen molar-refractivity contribution in [3.8, 4) is 0 Å². The molecule has 1 fully saturated rings. The Balaban J connectivity index is 2.61. The Morgan fingerprint density at radius 1 is 1.50 bits per heavy atom. The molecule has 0 spiro atoms. The molecule has 94 valence electrons. The summed E-state index contributed by atoms with van der Waals surface area (Å²) in [6, 6.07) is 0. The zero-order valence-corrected chi connectivity index (χ0v) is 10.7. The summed E-state index contributed by atoms with van der Waals surface area (Å²) in [5.41, 5.74) is -0.0721. The summed E-state index contributed by atoms with van der Waals surface area (Å²) in [5.74, 6) is -0.110. The summed E-state index contributed by atoms with van der Waals surface area (Å²) in [4.78, 5) is 10.8. The number of hydrogen-bond acceptors (Lipinski definition) is 2. The van der Waals surface area contributed by atoms with Crippen molar-refractivity contribution in [2.45, 2.75) is 59.0 Å². The number of rotatable bonds is 5. The highest BCUT2D eigenvalue weighted by Gasteiger charge is 2.36. The fourth-order valence-electron chi connectivity index (χ4n) is 2.75. The van der Waals surface area contributed by atoms with Crippen LogP contribution in [-0.4, -0.2) is 23.8 Å². The zero-order valence-electron chi connectivity index (χ0n) is 10.7. The molecule has 1 aliphatic rings. The molecule has 0 aromatic carbocycles. The molecule has 16 heavy (non-hydrogen) atoms. The molecule has 0 saturated carbocycles. The summed E-state index contributed by atoms with van der Waals surface area (Å²) in [5, 5.41) is 8.93. The van der Waals surface area contributed by atoms with Crippen molar-refractivity contribution in [2.24, 2.45) is 11.3 Å². The van der Waals surface area contributed by atoms with Gasteiger partial charge in [-0.05, 0) is 24.2 Å². The Morgan fingerprint density at radius 3 is 2.62 bits per heavy atom. The van der Waals surface area contributed by atoms with Crippen LogP contribution in [-0.2, 0) is 9.53 Å². The van der Waals surface area contributed by atoms with Gasteiger partial charge in [0.1, 0.15) is 0 Å². The van der Waals surface area contributed by atoms with E-state index in [1.54, 1.807) is 0 Å². The lowest BCUT2D eigenvalue weighted by atomic mass is 9.74. The van der Waals surface area contributed by atoms with E-state index < -0.39 is 5.97 Å². The third-order valence-electron chi connectivity index (χ3n) is 3.88. The largest absolute Gasteiger partial charge is 0.481 e. The van der Waals surface area contributed by atoms with Crippen molar-refractivity contribution in [1.82, 2.24) is 0 Å². The van der Waals surface area contributed by atoms with Gasteiger partial charge in [0.15, 0.2) is 0 Å². The maximum Gasteiger partial charge on any atom is 0.303 e. The van der Waals surface area contributed by atoms with Gasteiger partial charge in [-0.25, -0.2) is 0 Å². The van der Waals surface area contributed by atoms with Crippen molar-refractivity contribution in [3.63, 3.8) is 0 Å². The monoisotopic (exact) mass is 228 g/mol. The number of aliphatic carboxylic acids is 1. The molecule has 0 aliphatic carbocycles. The van der Waals surface area contributed by atoms with Crippen molar-refractivity contribution >= 4 is 5.97 Å². The number of carboxylic acids is 1. The average Bonchev–Trinajstić information content (AvgIpc) is 2.17. The predicted octanol–water partition coefficient (Wildman–Crippen LogP) is 3.08. The first-order chi connectivity index (χ1) is 7.50. The molecule has 2 unspecified atom stereocenters. The summed E-state index contributed by atoms with van der Waals surface area (Å²) in [6.45, 7) is 7.16. The lowest BCUT2D eigenvalue weighted by Gasteiger charge is -2.40. The lowest BCUT2D eigenvalue weighted by Crippen LogP contribution is -2.38. The zero-order chi connectivity index (χ0) is 12.2. The van der Waals surface area contributed by atoms with Gasteiger partial charge in [-0.15, -0.1) is 0 Å². The molecular weight excluding hydrogens is 204 g/mol. The Morgan fingerprint density at radius 2 is 2.12 bits per heavy atom. The smallest absolute Gasteiger partial charge is 0.303 e. The van der Waals surface area contributed by atoms with Crippen LogP contribution >= 0.6 is 0 Å². The fraction of sp³-hybridized carbons (Fsp3) is 0.923. The van der Waals surface area contributed by atoms with Gasteiger partial charge in [0, 0.05) is 6.61 Å². The topological polar surface area (TPSA) is 46.5 Å². The van der Waals surface area contributed by atoms with Crippen LogP contribution in [0.1, 0.15) is 52.9 Å². The molecule has 1 aliphatic heterocycles. The molecule has 0 aromatic heterocycles. The van der Waals surface area contributed by atoms with Crippen LogP contribution in [0.3, 0.4) is 0 Å². The third kappa shape index (κ3) is 3.48. The van der Waals surface area contributed by atoms with Gasteiger partial charge >= 0.3 is 5.97 Å². The molecule has 1 rings (SSSR count). The molecule has 0 amide bonds. The number of ether oxygens (including phenoxy) is 1. The highest BCUT2D eigenvalue weighted by atomic mass is 16.5. The van der Waals surface area contributed by atoms with Crippen LogP contribution in [0, 0.1) is 11.3 Å². The number of carboxylic acid groups (broad SMARTS) is 1. The fourth-order valence-corrected chi connectivity index (χ4v) is 2.75. The first kappa shape index (κ1) is 13.5. The first-order valence-electron chi connectivity index (χ1n) is 6.34. The quantitative estimate of drug-likeness (QED) is 0.786. The van der Waals surface area contributed by atoms with Gasteiger partial charge in [0.2, 0.25) is 0 Å². The summed E-state index contributed by atoms with van der Waals surface area (Å²) in [7, 11) is 0. The highest BCUT2D eigenvalue weighted by Crippen LogP contribution is 2.39.